The number of nitrogens with two attached hydrogens (primary N) is 1. The van der Waals surface area contributed by atoms with Crippen molar-refractivity contribution in [2.75, 3.05) is 19.6 Å². The Morgan fingerprint density at radius 1 is 1.47 bits per heavy atom. The summed E-state index contributed by atoms with van der Waals surface area (Å²) >= 11 is 3.53. The number of likely N-dealkylation sites (tertiary alicyclic amines) is 1. The zero-order valence-corrected chi connectivity index (χ0v) is 12.1. The maximum atomic E-state index is 5.93. The molecular weight excluding hydrogens is 280 g/mol. The molecule has 1 aromatic rings. The summed E-state index contributed by atoms with van der Waals surface area (Å²) < 4.78 is 6.60. The van der Waals surface area contributed by atoms with Gasteiger partial charge in [-0.15, -0.1) is 0 Å². The van der Waals surface area contributed by atoms with Crippen LogP contribution in [0.4, 0.5) is 0 Å². The molecule has 96 valence electrons. The number of hydrogen-bond acceptors (Lipinski definition) is 3. The monoisotopic (exact) mass is 300 g/mol. The Balaban J connectivity index is 2.15. The molecule has 3 atom stereocenters. The molecule has 4 heteroatoms. The van der Waals surface area contributed by atoms with E-state index >= 15 is 0 Å². The van der Waals surface area contributed by atoms with Crippen molar-refractivity contribution in [3.63, 3.8) is 0 Å². The van der Waals surface area contributed by atoms with Crippen LogP contribution in [-0.4, -0.2) is 24.5 Å². The van der Waals surface area contributed by atoms with Crippen LogP contribution in [0, 0.1) is 11.8 Å². The van der Waals surface area contributed by atoms with Gasteiger partial charge < -0.3 is 10.2 Å². The summed E-state index contributed by atoms with van der Waals surface area (Å²) in [6.07, 6.45) is 3.03. The molecule has 2 heterocycles. The van der Waals surface area contributed by atoms with Crippen LogP contribution >= 0.6 is 15.9 Å². The number of piperidine rings is 1. The van der Waals surface area contributed by atoms with Gasteiger partial charge in [0.05, 0.1) is 16.8 Å². The lowest BCUT2D eigenvalue weighted by atomic mass is 9.90. The van der Waals surface area contributed by atoms with E-state index in [1.807, 2.05) is 6.07 Å². The van der Waals surface area contributed by atoms with E-state index in [0.29, 0.717) is 6.54 Å². The van der Waals surface area contributed by atoms with Gasteiger partial charge in [0.2, 0.25) is 0 Å². The van der Waals surface area contributed by atoms with Gasteiger partial charge in [0.15, 0.2) is 0 Å². The van der Waals surface area contributed by atoms with Crippen LogP contribution < -0.4 is 5.73 Å². The average molecular weight is 301 g/mol. The van der Waals surface area contributed by atoms with Crippen molar-refractivity contribution in [1.29, 1.82) is 0 Å². The predicted molar refractivity (Wildman–Crippen MR) is 72.7 cm³/mol. The Kier molecular flexibility index (Phi) is 4.28. The van der Waals surface area contributed by atoms with Crippen LogP contribution in [0.3, 0.4) is 0 Å². The Morgan fingerprint density at radius 2 is 2.12 bits per heavy atom. The number of halogens is 1. The molecule has 1 aliphatic rings. The van der Waals surface area contributed by atoms with Gasteiger partial charge in [-0.3, -0.25) is 4.90 Å². The summed E-state index contributed by atoms with van der Waals surface area (Å²) in [5.41, 5.74) is 5.93. The molecule has 1 aromatic heterocycles. The zero-order valence-electron chi connectivity index (χ0n) is 10.5. The highest BCUT2D eigenvalue weighted by molar-refractivity contribution is 9.10. The Hall–Kier alpha value is -0.320. The molecular formula is C13H21BrN2O. The van der Waals surface area contributed by atoms with E-state index in [0.717, 1.165) is 35.2 Å². The standard InChI is InChI=1S/C13H21BrN2O/c1-9-5-10(2)8-16(7-9)12(6-15)13-11(14)3-4-17-13/h3-4,9-10,12H,5-8,15H2,1-2H3. The average Bonchev–Trinajstić information content (AvgIpc) is 2.65. The number of nitrogens with zero attached hydrogens (tertiary/aromatic N) is 1. The first-order chi connectivity index (χ1) is 8.11. The summed E-state index contributed by atoms with van der Waals surface area (Å²) in [4.78, 5) is 2.46. The van der Waals surface area contributed by atoms with Gasteiger partial charge in [-0.05, 0) is 40.3 Å². The minimum Gasteiger partial charge on any atom is -0.466 e. The molecule has 0 bridgehead atoms. The minimum absolute atomic E-state index is 0.199. The smallest absolute Gasteiger partial charge is 0.136 e. The van der Waals surface area contributed by atoms with Crippen molar-refractivity contribution in [2.45, 2.75) is 26.3 Å². The fourth-order valence-corrected chi connectivity index (χ4v) is 3.40. The molecule has 0 amide bonds. The molecule has 1 fully saturated rings. The number of rotatable bonds is 3. The highest BCUT2D eigenvalue weighted by Crippen LogP contribution is 2.32. The fraction of sp³-hybridized carbons (Fsp3) is 0.692. The van der Waals surface area contributed by atoms with E-state index < -0.39 is 0 Å². The Bertz CT molecular complexity index is 356. The normalized spacial score (nSPS) is 28.2. The van der Waals surface area contributed by atoms with E-state index in [4.69, 9.17) is 10.2 Å². The summed E-state index contributed by atoms with van der Waals surface area (Å²) in [5, 5.41) is 0. The van der Waals surface area contributed by atoms with Crippen molar-refractivity contribution >= 4 is 15.9 Å². The van der Waals surface area contributed by atoms with E-state index in [1.165, 1.54) is 6.42 Å². The summed E-state index contributed by atoms with van der Waals surface area (Å²) in [6.45, 7) is 7.45. The lowest BCUT2D eigenvalue weighted by molar-refractivity contribution is 0.0875. The highest BCUT2D eigenvalue weighted by atomic mass is 79.9. The van der Waals surface area contributed by atoms with Crippen molar-refractivity contribution in [3.05, 3.63) is 22.6 Å². The van der Waals surface area contributed by atoms with Crippen molar-refractivity contribution in [3.8, 4) is 0 Å². The molecule has 3 nitrogen and oxygen atoms in total. The Labute approximate surface area is 111 Å². The lowest BCUT2D eigenvalue weighted by Gasteiger charge is -2.39. The SMILES string of the molecule is CC1CC(C)CN(C(CN)c2occc2Br)C1. The maximum Gasteiger partial charge on any atom is 0.136 e. The van der Waals surface area contributed by atoms with Crippen molar-refractivity contribution in [2.24, 2.45) is 17.6 Å². The first-order valence-electron chi connectivity index (χ1n) is 6.28. The van der Waals surface area contributed by atoms with E-state index in [2.05, 4.69) is 34.7 Å². The van der Waals surface area contributed by atoms with Crippen LogP contribution in [0.1, 0.15) is 32.1 Å². The molecule has 17 heavy (non-hydrogen) atoms. The quantitative estimate of drug-likeness (QED) is 0.933. The Morgan fingerprint density at radius 3 is 2.59 bits per heavy atom. The van der Waals surface area contributed by atoms with Gasteiger partial charge in [0, 0.05) is 19.6 Å². The molecule has 0 radical (unpaired) electrons. The highest BCUT2D eigenvalue weighted by Gasteiger charge is 2.30. The van der Waals surface area contributed by atoms with Gasteiger partial charge in [-0.2, -0.15) is 0 Å². The summed E-state index contributed by atoms with van der Waals surface area (Å²) in [6, 6.07) is 2.14. The molecule has 3 unspecified atom stereocenters. The first-order valence-corrected chi connectivity index (χ1v) is 7.08. The lowest BCUT2D eigenvalue weighted by Crippen LogP contribution is -2.43. The van der Waals surface area contributed by atoms with Gasteiger partial charge in [0.25, 0.3) is 0 Å². The second kappa shape index (κ2) is 5.55. The fourth-order valence-electron chi connectivity index (χ4n) is 2.93. The van der Waals surface area contributed by atoms with Crippen LogP contribution in [0.2, 0.25) is 0 Å². The second-order valence-corrected chi connectivity index (χ2v) is 6.14. The maximum absolute atomic E-state index is 5.93. The number of hydrogen-bond donors (Lipinski definition) is 1. The molecule has 0 aromatic carbocycles. The third-order valence-electron chi connectivity index (χ3n) is 3.51. The predicted octanol–water partition coefficient (Wildman–Crippen LogP) is 3.02. The molecule has 0 saturated carbocycles. The first kappa shape index (κ1) is 13.1. The van der Waals surface area contributed by atoms with Gasteiger partial charge in [-0.1, -0.05) is 13.8 Å². The van der Waals surface area contributed by atoms with Crippen LogP contribution in [0.25, 0.3) is 0 Å². The molecule has 1 saturated heterocycles. The third kappa shape index (κ3) is 2.92. The third-order valence-corrected chi connectivity index (χ3v) is 4.16. The number of furan rings is 1. The summed E-state index contributed by atoms with van der Waals surface area (Å²) in [7, 11) is 0. The molecule has 0 spiro atoms. The van der Waals surface area contributed by atoms with Crippen molar-refractivity contribution < 1.29 is 4.42 Å². The molecule has 2 N–H and O–H groups in total. The van der Waals surface area contributed by atoms with E-state index in [1.54, 1.807) is 6.26 Å². The zero-order chi connectivity index (χ0) is 12.4. The van der Waals surface area contributed by atoms with Crippen LogP contribution in [-0.2, 0) is 0 Å². The van der Waals surface area contributed by atoms with Crippen LogP contribution in [0.15, 0.2) is 21.2 Å². The topological polar surface area (TPSA) is 42.4 Å². The largest absolute Gasteiger partial charge is 0.466 e. The van der Waals surface area contributed by atoms with Crippen molar-refractivity contribution in [1.82, 2.24) is 4.90 Å². The van der Waals surface area contributed by atoms with Crippen LogP contribution in [0.5, 0.6) is 0 Å². The molecule has 1 aliphatic heterocycles. The van der Waals surface area contributed by atoms with Gasteiger partial charge in [0.1, 0.15) is 5.76 Å². The van der Waals surface area contributed by atoms with E-state index in [-0.39, 0.29) is 6.04 Å². The van der Waals surface area contributed by atoms with Gasteiger partial charge >= 0.3 is 0 Å². The second-order valence-electron chi connectivity index (χ2n) is 5.28. The summed E-state index contributed by atoms with van der Waals surface area (Å²) in [5.74, 6) is 2.44. The van der Waals surface area contributed by atoms with E-state index in [9.17, 15) is 0 Å². The molecule has 0 aliphatic carbocycles. The van der Waals surface area contributed by atoms with Gasteiger partial charge in [-0.25, -0.2) is 0 Å². The minimum atomic E-state index is 0.199. The molecule has 2 rings (SSSR count).